The number of likely N-dealkylation sites (tertiary alicyclic amines) is 1. The monoisotopic (exact) mass is 313 g/mol. The van der Waals surface area contributed by atoms with Crippen LogP contribution in [0.2, 0.25) is 0 Å². The molecular weight excluding hydrogens is 282 g/mol. The van der Waals surface area contributed by atoms with Crippen molar-refractivity contribution in [3.05, 3.63) is 0 Å². The average molecular weight is 313 g/mol. The molecule has 1 atom stereocenters. The van der Waals surface area contributed by atoms with E-state index in [1.165, 1.54) is 0 Å². The Balaban J connectivity index is 2.14. The Bertz CT molecular complexity index is 366. The second-order valence-corrected chi connectivity index (χ2v) is 6.80. The number of rotatable bonds is 8. The number of carbonyl (C=O) groups excluding carboxylic acids is 2. The van der Waals surface area contributed by atoms with E-state index in [0.717, 1.165) is 25.9 Å². The molecule has 128 valence electrons. The summed E-state index contributed by atoms with van der Waals surface area (Å²) in [6.07, 6.45) is 3.39. The van der Waals surface area contributed by atoms with E-state index >= 15 is 0 Å². The van der Waals surface area contributed by atoms with Gasteiger partial charge in [-0.3, -0.25) is 4.79 Å². The minimum atomic E-state index is -0.206. The number of amides is 3. The molecule has 22 heavy (non-hydrogen) atoms. The smallest absolute Gasteiger partial charge is 0.315 e. The van der Waals surface area contributed by atoms with Gasteiger partial charge in [-0.2, -0.15) is 0 Å². The maximum Gasteiger partial charge on any atom is 0.315 e. The molecule has 1 heterocycles. The first-order valence-corrected chi connectivity index (χ1v) is 8.27. The summed E-state index contributed by atoms with van der Waals surface area (Å²) in [6, 6.07) is -0.311. The van der Waals surface area contributed by atoms with Crippen molar-refractivity contribution in [2.45, 2.75) is 65.0 Å². The molecule has 0 bridgehead atoms. The van der Waals surface area contributed by atoms with Crippen molar-refractivity contribution in [3.63, 3.8) is 0 Å². The van der Waals surface area contributed by atoms with Gasteiger partial charge in [-0.25, -0.2) is 4.79 Å². The summed E-state index contributed by atoms with van der Waals surface area (Å²) >= 11 is 0. The lowest BCUT2D eigenvalue weighted by atomic mass is 10.1. The molecular formula is C16H31N3O3. The van der Waals surface area contributed by atoms with Crippen LogP contribution in [-0.4, -0.2) is 54.7 Å². The lowest BCUT2D eigenvalue weighted by Gasteiger charge is -2.32. The van der Waals surface area contributed by atoms with E-state index < -0.39 is 0 Å². The molecule has 0 aromatic carbocycles. The van der Waals surface area contributed by atoms with Crippen LogP contribution in [0.15, 0.2) is 0 Å². The molecule has 0 radical (unpaired) electrons. The third-order valence-electron chi connectivity index (χ3n) is 3.66. The highest BCUT2D eigenvalue weighted by Gasteiger charge is 2.36. The zero-order chi connectivity index (χ0) is 16.6. The van der Waals surface area contributed by atoms with Gasteiger partial charge in [0.1, 0.15) is 0 Å². The lowest BCUT2D eigenvalue weighted by Crippen LogP contribution is -2.46. The number of nitrogens with zero attached hydrogens (tertiary/aromatic N) is 1. The van der Waals surface area contributed by atoms with Crippen molar-refractivity contribution in [1.82, 2.24) is 15.5 Å². The van der Waals surface area contributed by atoms with Gasteiger partial charge >= 0.3 is 6.03 Å². The van der Waals surface area contributed by atoms with Crippen LogP contribution in [0.1, 0.15) is 53.4 Å². The van der Waals surface area contributed by atoms with E-state index in [-0.39, 0.29) is 23.5 Å². The molecule has 6 heteroatoms. The van der Waals surface area contributed by atoms with Gasteiger partial charge in [-0.1, -0.05) is 13.3 Å². The highest BCUT2D eigenvalue weighted by Crippen LogP contribution is 2.21. The summed E-state index contributed by atoms with van der Waals surface area (Å²) in [5.74, 6) is 0.0992. The molecule has 1 fully saturated rings. The number of nitrogens with one attached hydrogen (secondary N) is 2. The average Bonchev–Trinajstić information content (AvgIpc) is 2.78. The number of ether oxygens (including phenoxy) is 1. The number of unbranched alkanes of at least 4 members (excludes halogenated alkanes) is 1. The van der Waals surface area contributed by atoms with Crippen molar-refractivity contribution in [3.8, 4) is 0 Å². The molecule has 1 unspecified atom stereocenters. The SMILES string of the molecule is CCCCOCCCNC(=O)NC1CC(=O)N(C(C)(C)C)C1. The first-order chi connectivity index (χ1) is 10.3. The molecule has 0 saturated carbocycles. The zero-order valence-corrected chi connectivity index (χ0v) is 14.4. The minimum Gasteiger partial charge on any atom is -0.381 e. The molecule has 0 aromatic heterocycles. The van der Waals surface area contributed by atoms with E-state index in [1.54, 1.807) is 0 Å². The molecule has 1 aliphatic rings. The molecule has 0 aromatic rings. The van der Waals surface area contributed by atoms with Gasteiger partial charge in [-0.15, -0.1) is 0 Å². The van der Waals surface area contributed by atoms with E-state index in [4.69, 9.17) is 4.74 Å². The molecule has 0 spiro atoms. The number of urea groups is 1. The quantitative estimate of drug-likeness (QED) is 0.672. The van der Waals surface area contributed by atoms with Gasteiger partial charge < -0.3 is 20.3 Å². The molecule has 1 aliphatic heterocycles. The Kier molecular flexibility index (Phi) is 7.65. The van der Waals surface area contributed by atoms with Crippen LogP contribution in [0.3, 0.4) is 0 Å². The summed E-state index contributed by atoms with van der Waals surface area (Å²) in [6.45, 7) is 10.8. The minimum absolute atomic E-state index is 0.0992. The second-order valence-electron chi connectivity index (χ2n) is 6.80. The highest BCUT2D eigenvalue weighted by atomic mass is 16.5. The van der Waals surface area contributed by atoms with Crippen LogP contribution in [-0.2, 0) is 9.53 Å². The fraction of sp³-hybridized carbons (Fsp3) is 0.875. The van der Waals surface area contributed by atoms with E-state index in [0.29, 0.717) is 26.1 Å². The topological polar surface area (TPSA) is 70.7 Å². The zero-order valence-electron chi connectivity index (χ0n) is 14.4. The Labute approximate surface area is 134 Å². The molecule has 6 nitrogen and oxygen atoms in total. The van der Waals surface area contributed by atoms with Crippen LogP contribution >= 0.6 is 0 Å². The van der Waals surface area contributed by atoms with Crippen molar-refractivity contribution in [2.75, 3.05) is 26.3 Å². The van der Waals surface area contributed by atoms with Crippen molar-refractivity contribution in [1.29, 1.82) is 0 Å². The van der Waals surface area contributed by atoms with E-state index in [1.807, 2.05) is 25.7 Å². The standard InChI is InChI=1S/C16H31N3O3/c1-5-6-9-22-10-7-8-17-15(21)18-13-11-14(20)19(12-13)16(2,3)4/h13H,5-12H2,1-4H3,(H2,17,18,21). The third kappa shape index (κ3) is 6.64. The summed E-state index contributed by atoms with van der Waals surface area (Å²) in [5, 5.41) is 5.68. The van der Waals surface area contributed by atoms with Gasteiger partial charge in [0, 0.05) is 38.3 Å². The Morgan fingerprint density at radius 2 is 2.00 bits per heavy atom. The van der Waals surface area contributed by atoms with E-state index in [9.17, 15) is 9.59 Å². The fourth-order valence-corrected chi connectivity index (χ4v) is 2.41. The Morgan fingerprint density at radius 3 is 2.59 bits per heavy atom. The van der Waals surface area contributed by atoms with Crippen LogP contribution in [0.25, 0.3) is 0 Å². The maximum absolute atomic E-state index is 11.9. The molecule has 2 N–H and O–H groups in total. The molecule has 0 aliphatic carbocycles. The molecule has 3 amide bonds. The predicted molar refractivity (Wildman–Crippen MR) is 86.7 cm³/mol. The van der Waals surface area contributed by atoms with Crippen LogP contribution in [0.4, 0.5) is 4.79 Å². The summed E-state index contributed by atoms with van der Waals surface area (Å²) in [5.41, 5.74) is -0.195. The van der Waals surface area contributed by atoms with Crippen LogP contribution < -0.4 is 10.6 Å². The summed E-state index contributed by atoms with van der Waals surface area (Å²) in [7, 11) is 0. The Hall–Kier alpha value is -1.30. The third-order valence-corrected chi connectivity index (χ3v) is 3.66. The first kappa shape index (κ1) is 18.7. The lowest BCUT2D eigenvalue weighted by molar-refractivity contribution is -0.131. The second kappa shape index (κ2) is 8.98. The van der Waals surface area contributed by atoms with Crippen LogP contribution in [0.5, 0.6) is 0 Å². The van der Waals surface area contributed by atoms with Crippen molar-refractivity contribution >= 4 is 11.9 Å². The van der Waals surface area contributed by atoms with Gasteiger partial charge in [-0.05, 0) is 33.6 Å². The predicted octanol–water partition coefficient (Wildman–Crippen LogP) is 1.89. The normalized spacial score (nSPS) is 18.6. The van der Waals surface area contributed by atoms with Crippen molar-refractivity contribution < 1.29 is 14.3 Å². The highest BCUT2D eigenvalue weighted by molar-refractivity contribution is 5.82. The molecule has 1 saturated heterocycles. The largest absolute Gasteiger partial charge is 0.381 e. The van der Waals surface area contributed by atoms with Crippen molar-refractivity contribution in [2.24, 2.45) is 0 Å². The number of carbonyl (C=O) groups is 2. The number of hydrogen-bond donors (Lipinski definition) is 2. The first-order valence-electron chi connectivity index (χ1n) is 8.27. The number of hydrogen-bond acceptors (Lipinski definition) is 3. The van der Waals surface area contributed by atoms with Crippen LogP contribution in [0, 0.1) is 0 Å². The summed E-state index contributed by atoms with van der Waals surface area (Å²) in [4.78, 5) is 25.6. The van der Waals surface area contributed by atoms with Gasteiger partial charge in [0.15, 0.2) is 0 Å². The van der Waals surface area contributed by atoms with Gasteiger partial charge in [0.05, 0.1) is 6.04 Å². The van der Waals surface area contributed by atoms with E-state index in [2.05, 4.69) is 17.6 Å². The maximum atomic E-state index is 11.9. The van der Waals surface area contributed by atoms with Gasteiger partial charge in [0.25, 0.3) is 0 Å². The van der Waals surface area contributed by atoms with Gasteiger partial charge in [0.2, 0.25) is 5.91 Å². The molecule has 1 rings (SSSR count). The Morgan fingerprint density at radius 1 is 1.32 bits per heavy atom. The fourth-order valence-electron chi connectivity index (χ4n) is 2.41. The summed E-state index contributed by atoms with van der Waals surface area (Å²) < 4.78 is 5.43.